The number of ether oxygens (including phenoxy) is 1. The number of imidazole rings is 1. The number of methoxy groups -OCH3 is 1. The van der Waals surface area contributed by atoms with Gasteiger partial charge in [-0.3, -0.25) is 9.52 Å². The van der Waals surface area contributed by atoms with Gasteiger partial charge in [-0.1, -0.05) is 48.5 Å². The Morgan fingerprint density at radius 2 is 1.82 bits per heavy atom. The zero-order valence-corrected chi connectivity index (χ0v) is 26.9. The van der Waals surface area contributed by atoms with Gasteiger partial charge >= 0.3 is 0 Å². The lowest BCUT2D eigenvalue weighted by Crippen LogP contribution is -2.20. The predicted octanol–water partition coefficient (Wildman–Crippen LogP) is 6.49. The molecule has 1 aliphatic carbocycles. The van der Waals surface area contributed by atoms with Crippen molar-refractivity contribution >= 4 is 33.0 Å². The highest BCUT2D eigenvalue weighted by Crippen LogP contribution is 2.51. The van der Waals surface area contributed by atoms with Gasteiger partial charge in [-0.2, -0.15) is 5.11 Å². The molecule has 4 aromatic rings. The fourth-order valence-electron chi connectivity index (χ4n) is 5.73. The number of carbonyl (C=O) groups excluding carboxylic acids is 1. The van der Waals surface area contributed by atoms with Crippen molar-refractivity contribution in [2.45, 2.75) is 51.6 Å². The summed E-state index contributed by atoms with van der Waals surface area (Å²) in [5.41, 5.74) is 5.68. The van der Waals surface area contributed by atoms with Crippen LogP contribution in [0.25, 0.3) is 11.4 Å². The number of hydrogen-bond donors (Lipinski definition) is 2. The Hall–Kier alpha value is -4.71. The van der Waals surface area contributed by atoms with E-state index in [9.17, 15) is 13.2 Å². The second-order valence-electron chi connectivity index (χ2n) is 11.9. The Labute approximate surface area is 263 Å². The highest BCUT2D eigenvalue weighted by atomic mass is 32.2. The SMILES string of the molecule is CCn1c(C2CN(c3cc(C(=O)Nc4cc(C5(C)CC5)cc(NS(C)(=O)=O)c4OC)ccc3C)N=N2)cnc1-c1ccccc1. The number of rotatable bonds is 10. The van der Waals surface area contributed by atoms with Gasteiger partial charge in [-0.15, -0.1) is 0 Å². The summed E-state index contributed by atoms with van der Waals surface area (Å²) in [6, 6.07) is 18.9. The van der Waals surface area contributed by atoms with Crippen molar-refractivity contribution in [1.29, 1.82) is 0 Å². The van der Waals surface area contributed by atoms with Gasteiger partial charge < -0.3 is 14.6 Å². The first-order valence-corrected chi connectivity index (χ1v) is 16.8. The van der Waals surface area contributed by atoms with E-state index in [1.54, 1.807) is 18.2 Å². The Morgan fingerprint density at radius 1 is 1.09 bits per heavy atom. The lowest BCUT2D eigenvalue weighted by molar-refractivity contribution is 0.102. The summed E-state index contributed by atoms with van der Waals surface area (Å²) in [7, 11) is -2.14. The largest absolute Gasteiger partial charge is 0.492 e. The molecule has 0 spiro atoms. The number of benzene rings is 3. The minimum absolute atomic E-state index is 0.0803. The second kappa shape index (κ2) is 11.7. The predicted molar refractivity (Wildman–Crippen MR) is 175 cm³/mol. The molecule has 2 N–H and O–H groups in total. The fraction of sp³-hybridized carbons (Fsp3) is 0.333. The Bertz CT molecular complexity index is 1900. The molecule has 0 saturated heterocycles. The number of sulfonamides is 1. The smallest absolute Gasteiger partial charge is 0.255 e. The van der Waals surface area contributed by atoms with Crippen LogP contribution in [0.15, 0.2) is 77.2 Å². The third kappa shape index (κ3) is 6.15. The molecule has 1 aromatic heterocycles. The second-order valence-corrected chi connectivity index (χ2v) is 13.7. The van der Waals surface area contributed by atoms with Crippen LogP contribution in [0.2, 0.25) is 0 Å². The van der Waals surface area contributed by atoms with Gasteiger partial charge in [0.1, 0.15) is 11.9 Å². The molecule has 1 atom stereocenters. The maximum atomic E-state index is 13.7. The van der Waals surface area contributed by atoms with Crippen molar-refractivity contribution in [3.63, 3.8) is 0 Å². The molecular weight excluding hydrogens is 590 g/mol. The molecule has 1 aliphatic heterocycles. The molecule has 11 nitrogen and oxygen atoms in total. The summed E-state index contributed by atoms with van der Waals surface area (Å²) in [4.78, 5) is 18.4. The van der Waals surface area contributed by atoms with Crippen LogP contribution >= 0.6 is 0 Å². The lowest BCUT2D eigenvalue weighted by Gasteiger charge is -2.20. The van der Waals surface area contributed by atoms with Crippen LogP contribution in [0.4, 0.5) is 17.1 Å². The van der Waals surface area contributed by atoms with Crippen LogP contribution in [-0.4, -0.2) is 43.8 Å². The van der Waals surface area contributed by atoms with Crippen molar-refractivity contribution < 1.29 is 17.9 Å². The molecule has 45 heavy (non-hydrogen) atoms. The van der Waals surface area contributed by atoms with Crippen molar-refractivity contribution in [1.82, 2.24) is 9.55 Å². The third-order valence-electron chi connectivity index (χ3n) is 8.50. The van der Waals surface area contributed by atoms with E-state index in [0.29, 0.717) is 17.8 Å². The molecule has 1 saturated carbocycles. The van der Waals surface area contributed by atoms with E-state index >= 15 is 0 Å². The topological polar surface area (TPSA) is 130 Å². The van der Waals surface area contributed by atoms with Gasteiger partial charge in [0.15, 0.2) is 5.75 Å². The van der Waals surface area contributed by atoms with Gasteiger partial charge in [0.25, 0.3) is 5.91 Å². The van der Waals surface area contributed by atoms with Gasteiger partial charge in [0.05, 0.1) is 48.9 Å². The Balaban J connectivity index is 1.25. The molecule has 6 rings (SSSR count). The highest BCUT2D eigenvalue weighted by Gasteiger charge is 2.40. The van der Waals surface area contributed by atoms with Gasteiger partial charge in [-0.05, 0) is 67.5 Å². The van der Waals surface area contributed by atoms with Gasteiger partial charge in [-0.25, -0.2) is 18.4 Å². The maximum absolute atomic E-state index is 13.7. The number of anilines is 3. The van der Waals surface area contributed by atoms with E-state index < -0.39 is 10.0 Å². The molecule has 234 valence electrons. The summed E-state index contributed by atoms with van der Waals surface area (Å²) in [6.45, 7) is 7.41. The van der Waals surface area contributed by atoms with E-state index in [1.165, 1.54) is 7.11 Å². The first kappa shape index (κ1) is 30.3. The fourth-order valence-corrected chi connectivity index (χ4v) is 6.28. The number of nitrogens with zero attached hydrogens (tertiary/aromatic N) is 5. The van der Waals surface area contributed by atoms with Crippen molar-refractivity contribution in [2.75, 3.05) is 35.0 Å². The molecule has 0 radical (unpaired) electrons. The van der Waals surface area contributed by atoms with Crippen LogP contribution < -0.4 is 19.8 Å². The molecule has 12 heteroatoms. The molecule has 2 aliphatic rings. The zero-order valence-electron chi connectivity index (χ0n) is 26.0. The van der Waals surface area contributed by atoms with Crippen LogP contribution in [-0.2, 0) is 22.0 Å². The average molecular weight is 628 g/mol. The quantitative estimate of drug-likeness (QED) is 0.207. The maximum Gasteiger partial charge on any atom is 0.255 e. The van der Waals surface area contributed by atoms with Gasteiger partial charge in [0, 0.05) is 17.7 Å². The van der Waals surface area contributed by atoms with Crippen molar-refractivity contribution in [2.24, 2.45) is 10.3 Å². The standard InChI is InChI=1S/C33H37N7O4S/c1-6-39-29(19-34-31(39)22-10-8-7-9-11-22)27-20-40(38-36-27)28-16-23(13-12-21(28)2)32(41)35-25-17-24(33(3)14-15-33)18-26(30(25)44-4)37-45(5,42)43/h7-13,16-19,27,37H,6,14-15,20H2,1-5H3,(H,35,41). The van der Waals surface area contributed by atoms with E-state index in [0.717, 1.165) is 59.5 Å². The monoisotopic (exact) mass is 627 g/mol. The van der Waals surface area contributed by atoms with Crippen LogP contribution in [0, 0.1) is 6.92 Å². The van der Waals surface area contributed by atoms with Crippen LogP contribution in [0.3, 0.4) is 0 Å². The minimum Gasteiger partial charge on any atom is -0.492 e. The molecule has 3 aromatic carbocycles. The van der Waals surface area contributed by atoms with Crippen LogP contribution in [0.5, 0.6) is 5.75 Å². The molecule has 1 unspecified atom stereocenters. The summed E-state index contributed by atoms with van der Waals surface area (Å²) in [5.74, 6) is 0.775. The van der Waals surface area contributed by atoms with Crippen molar-refractivity contribution in [3.05, 3.63) is 89.2 Å². The molecule has 1 amide bonds. The van der Waals surface area contributed by atoms with Gasteiger partial charge in [0.2, 0.25) is 10.0 Å². The Morgan fingerprint density at radius 3 is 2.49 bits per heavy atom. The van der Waals surface area contributed by atoms with Crippen molar-refractivity contribution in [3.8, 4) is 17.1 Å². The number of aryl methyl sites for hydroxylation is 1. The average Bonchev–Trinajstić information content (AvgIpc) is 3.38. The molecular formula is C33H37N7O4S. The number of aromatic nitrogens is 2. The Kier molecular flexibility index (Phi) is 7.86. The van der Waals surface area contributed by atoms with E-state index in [2.05, 4.69) is 38.8 Å². The van der Waals surface area contributed by atoms with E-state index in [1.807, 2.05) is 60.6 Å². The first-order valence-electron chi connectivity index (χ1n) is 14.9. The molecule has 0 bridgehead atoms. The summed E-state index contributed by atoms with van der Waals surface area (Å²) in [6.07, 6.45) is 4.91. The van der Waals surface area contributed by atoms with E-state index in [4.69, 9.17) is 9.72 Å². The van der Waals surface area contributed by atoms with Crippen LogP contribution in [0.1, 0.15) is 59.9 Å². The number of amides is 1. The summed E-state index contributed by atoms with van der Waals surface area (Å²) in [5, 5.41) is 13.8. The minimum atomic E-state index is -3.58. The highest BCUT2D eigenvalue weighted by molar-refractivity contribution is 7.92. The first-order chi connectivity index (χ1) is 21.5. The summed E-state index contributed by atoms with van der Waals surface area (Å²) < 4.78 is 34.6. The summed E-state index contributed by atoms with van der Waals surface area (Å²) >= 11 is 0. The normalized spacial score (nSPS) is 16.9. The zero-order chi connectivity index (χ0) is 31.9. The molecule has 2 heterocycles. The lowest BCUT2D eigenvalue weighted by atomic mass is 9.96. The third-order valence-corrected chi connectivity index (χ3v) is 9.09. The molecule has 1 fully saturated rings. The number of carbonyl (C=O) groups is 1. The number of hydrogen-bond acceptors (Lipinski definition) is 8. The van der Waals surface area contributed by atoms with E-state index in [-0.39, 0.29) is 28.8 Å². The number of nitrogens with one attached hydrogen (secondary N) is 2.